The molecular weight excluding hydrogens is 225 g/mol. The molecule has 0 radical (unpaired) electrons. The minimum absolute atomic E-state index is 1.27. The number of halogens is 1. The second-order valence-corrected chi connectivity index (χ2v) is 3.39. The predicted octanol–water partition coefficient (Wildman–Crippen LogP) is 2.54. The zero-order chi connectivity index (χ0) is 7.02. The van der Waals surface area contributed by atoms with E-state index in [1.165, 1.54) is 20.5 Å². The first-order valence-corrected chi connectivity index (χ1v) is 4.02. The molecule has 0 spiro atoms. The lowest BCUT2D eigenvalue weighted by atomic mass is 10.2. The first-order chi connectivity index (χ1) is 4.13. The van der Waals surface area contributed by atoms with Gasteiger partial charge in [-0.3, -0.25) is 0 Å². The third-order valence-electron chi connectivity index (χ3n) is 1.75. The summed E-state index contributed by atoms with van der Waals surface area (Å²) in [6.45, 7) is 6.38. The second-order valence-electron chi connectivity index (χ2n) is 2.31. The fraction of sp³-hybridized carbons (Fsp3) is 0.429. The van der Waals surface area contributed by atoms with E-state index in [2.05, 4.69) is 48.3 Å². The minimum atomic E-state index is 1.27. The van der Waals surface area contributed by atoms with Crippen LogP contribution in [-0.2, 0) is 0 Å². The number of H-pyrrole nitrogens is 1. The van der Waals surface area contributed by atoms with E-state index in [4.69, 9.17) is 0 Å². The van der Waals surface area contributed by atoms with E-state index in [0.29, 0.717) is 0 Å². The molecule has 50 valence electrons. The van der Waals surface area contributed by atoms with Crippen molar-refractivity contribution in [2.24, 2.45) is 0 Å². The van der Waals surface area contributed by atoms with Crippen molar-refractivity contribution in [1.82, 2.24) is 4.98 Å². The van der Waals surface area contributed by atoms with Gasteiger partial charge in [0.15, 0.2) is 0 Å². The van der Waals surface area contributed by atoms with Crippen LogP contribution in [-0.4, -0.2) is 4.98 Å². The van der Waals surface area contributed by atoms with Crippen LogP contribution in [0.15, 0.2) is 0 Å². The smallest absolute Gasteiger partial charge is 0.0806 e. The van der Waals surface area contributed by atoms with Gasteiger partial charge in [0.2, 0.25) is 0 Å². The molecule has 1 aromatic heterocycles. The summed E-state index contributed by atoms with van der Waals surface area (Å²) in [5.74, 6) is 0. The van der Waals surface area contributed by atoms with Crippen molar-refractivity contribution >= 4 is 22.6 Å². The molecule has 1 N–H and O–H groups in total. The van der Waals surface area contributed by atoms with Gasteiger partial charge in [0, 0.05) is 5.69 Å². The molecule has 0 saturated heterocycles. The summed E-state index contributed by atoms with van der Waals surface area (Å²) in [6.07, 6.45) is 0. The van der Waals surface area contributed by atoms with E-state index in [1.807, 2.05) is 0 Å². The van der Waals surface area contributed by atoms with Gasteiger partial charge in [0.25, 0.3) is 0 Å². The number of rotatable bonds is 0. The molecule has 0 aliphatic rings. The van der Waals surface area contributed by atoms with Crippen LogP contribution >= 0.6 is 22.6 Å². The Kier molecular flexibility index (Phi) is 1.84. The number of aromatic amines is 1. The largest absolute Gasteiger partial charge is 0.354 e. The monoisotopic (exact) mass is 235 g/mol. The highest BCUT2D eigenvalue weighted by molar-refractivity contribution is 14.1. The number of nitrogens with one attached hydrogen (secondary N) is 1. The molecule has 0 amide bonds. The molecule has 9 heavy (non-hydrogen) atoms. The van der Waals surface area contributed by atoms with Crippen molar-refractivity contribution in [2.75, 3.05) is 0 Å². The fourth-order valence-corrected chi connectivity index (χ4v) is 1.61. The third-order valence-corrected chi connectivity index (χ3v) is 2.83. The van der Waals surface area contributed by atoms with Gasteiger partial charge in [-0.2, -0.15) is 0 Å². The molecule has 0 fully saturated rings. The quantitative estimate of drug-likeness (QED) is 0.665. The summed E-state index contributed by atoms with van der Waals surface area (Å²) in [5, 5.41) is 0. The Hall–Kier alpha value is 0.01000. The van der Waals surface area contributed by atoms with Gasteiger partial charge < -0.3 is 4.98 Å². The molecule has 2 heteroatoms. The van der Waals surface area contributed by atoms with Crippen LogP contribution in [0.3, 0.4) is 0 Å². The van der Waals surface area contributed by atoms with Crippen molar-refractivity contribution < 1.29 is 0 Å². The minimum Gasteiger partial charge on any atom is -0.354 e. The summed E-state index contributed by atoms with van der Waals surface area (Å²) in [4.78, 5) is 3.26. The SMILES string of the molecule is Cc1[nH]c(I)c(C)c1C. The van der Waals surface area contributed by atoms with E-state index in [1.54, 1.807) is 0 Å². The normalized spacial score (nSPS) is 10.2. The van der Waals surface area contributed by atoms with Crippen molar-refractivity contribution in [3.8, 4) is 0 Å². The van der Waals surface area contributed by atoms with E-state index >= 15 is 0 Å². The summed E-state index contributed by atoms with van der Waals surface area (Å²) in [5.41, 5.74) is 4.06. The summed E-state index contributed by atoms with van der Waals surface area (Å²) < 4.78 is 1.27. The van der Waals surface area contributed by atoms with Crippen molar-refractivity contribution in [3.05, 3.63) is 20.5 Å². The Bertz CT molecular complexity index is 203. The molecule has 0 aliphatic heterocycles. The Morgan fingerprint density at radius 2 is 1.67 bits per heavy atom. The van der Waals surface area contributed by atoms with Crippen molar-refractivity contribution in [2.45, 2.75) is 20.8 Å². The Morgan fingerprint density at radius 1 is 1.11 bits per heavy atom. The average Bonchev–Trinajstić information content (AvgIpc) is 1.98. The van der Waals surface area contributed by atoms with Crippen molar-refractivity contribution in [3.63, 3.8) is 0 Å². The molecule has 0 bridgehead atoms. The maximum Gasteiger partial charge on any atom is 0.0806 e. The highest BCUT2D eigenvalue weighted by atomic mass is 127. The lowest BCUT2D eigenvalue weighted by Crippen LogP contribution is -1.73. The predicted molar refractivity (Wildman–Crippen MR) is 47.7 cm³/mol. The van der Waals surface area contributed by atoms with E-state index in [9.17, 15) is 0 Å². The van der Waals surface area contributed by atoms with E-state index in [-0.39, 0.29) is 0 Å². The molecule has 0 unspecified atom stereocenters. The molecule has 0 saturated carbocycles. The summed E-state index contributed by atoms with van der Waals surface area (Å²) >= 11 is 2.32. The van der Waals surface area contributed by atoms with Crippen LogP contribution in [0.1, 0.15) is 16.8 Å². The Labute approximate surface area is 69.0 Å². The van der Waals surface area contributed by atoms with Crippen LogP contribution in [0.4, 0.5) is 0 Å². The van der Waals surface area contributed by atoms with Crippen LogP contribution in [0.5, 0.6) is 0 Å². The van der Waals surface area contributed by atoms with Crippen LogP contribution < -0.4 is 0 Å². The number of aromatic nitrogens is 1. The van der Waals surface area contributed by atoms with Gasteiger partial charge in [0.05, 0.1) is 3.70 Å². The highest BCUT2D eigenvalue weighted by Crippen LogP contribution is 2.17. The molecule has 0 atom stereocenters. The topological polar surface area (TPSA) is 15.8 Å². The summed E-state index contributed by atoms with van der Waals surface area (Å²) in [6, 6.07) is 0. The van der Waals surface area contributed by atoms with Gasteiger partial charge in [-0.15, -0.1) is 0 Å². The molecular formula is C7H10IN. The lowest BCUT2D eigenvalue weighted by Gasteiger charge is -1.87. The maximum absolute atomic E-state index is 3.26. The Balaban J connectivity index is 3.29. The maximum atomic E-state index is 3.26. The second kappa shape index (κ2) is 2.33. The first kappa shape index (κ1) is 7.12. The number of hydrogen-bond donors (Lipinski definition) is 1. The van der Waals surface area contributed by atoms with E-state index < -0.39 is 0 Å². The summed E-state index contributed by atoms with van der Waals surface area (Å²) in [7, 11) is 0. The third kappa shape index (κ3) is 1.13. The van der Waals surface area contributed by atoms with E-state index in [0.717, 1.165) is 0 Å². The van der Waals surface area contributed by atoms with Crippen LogP contribution in [0.2, 0.25) is 0 Å². The van der Waals surface area contributed by atoms with Gasteiger partial charge in [-0.1, -0.05) is 0 Å². The zero-order valence-electron chi connectivity index (χ0n) is 5.88. The molecule has 0 aromatic carbocycles. The molecule has 1 nitrogen and oxygen atoms in total. The van der Waals surface area contributed by atoms with Crippen LogP contribution in [0, 0.1) is 24.5 Å². The molecule has 0 aliphatic carbocycles. The van der Waals surface area contributed by atoms with Crippen molar-refractivity contribution in [1.29, 1.82) is 0 Å². The van der Waals surface area contributed by atoms with Crippen LogP contribution in [0.25, 0.3) is 0 Å². The van der Waals surface area contributed by atoms with Gasteiger partial charge in [0.1, 0.15) is 0 Å². The number of aryl methyl sites for hydroxylation is 1. The highest BCUT2D eigenvalue weighted by Gasteiger charge is 2.02. The molecule has 1 heterocycles. The average molecular weight is 235 g/mol. The molecule has 1 aromatic rings. The Morgan fingerprint density at radius 3 is 1.78 bits per heavy atom. The van der Waals surface area contributed by atoms with Gasteiger partial charge >= 0.3 is 0 Å². The molecule has 1 rings (SSSR count). The lowest BCUT2D eigenvalue weighted by molar-refractivity contribution is 1.21. The zero-order valence-corrected chi connectivity index (χ0v) is 8.04. The standard InChI is InChI=1S/C7H10IN/c1-4-5(2)7(8)9-6(4)3/h9H,1-3H3. The van der Waals surface area contributed by atoms with Gasteiger partial charge in [-0.25, -0.2) is 0 Å². The number of hydrogen-bond acceptors (Lipinski definition) is 0. The fourth-order valence-electron chi connectivity index (χ4n) is 0.798. The van der Waals surface area contributed by atoms with Gasteiger partial charge in [-0.05, 0) is 54.5 Å². The first-order valence-electron chi connectivity index (χ1n) is 2.94.